The molecule has 3 heteroatoms. The topological polar surface area (TPSA) is 33.1 Å². The third kappa shape index (κ3) is 1.94. The first-order chi connectivity index (χ1) is 9.24. The van der Waals surface area contributed by atoms with Gasteiger partial charge in [0, 0.05) is 17.2 Å². The summed E-state index contributed by atoms with van der Waals surface area (Å²) in [5.41, 5.74) is 1.09. The molecule has 2 aromatic rings. The molecule has 1 heterocycles. The van der Waals surface area contributed by atoms with E-state index in [2.05, 4.69) is 4.98 Å². The lowest BCUT2D eigenvalue weighted by Crippen LogP contribution is -2.40. The lowest BCUT2D eigenvalue weighted by molar-refractivity contribution is 0.0243. The molecule has 2 nitrogen and oxygen atoms in total. The minimum Gasteiger partial charge on any atom is -0.387 e. The SMILES string of the molecule is OC(c1ccncc1F)C1(c2ccccc2)CCC1. The fraction of sp³-hybridized carbons (Fsp3) is 0.312. The van der Waals surface area contributed by atoms with E-state index in [4.69, 9.17) is 0 Å². The molecule has 1 aromatic heterocycles. The molecule has 0 radical (unpaired) electrons. The molecule has 1 atom stereocenters. The summed E-state index contributed by atoms with van der Waals surface area (Å²) in [6, 6.07) is 11.5. The number of nitrogens with zero attached hydrogens (tertiary/aromatic N) is 1. The standard InChI is InChI=1S/C16H16FNO/c17-14-11-18-10-7-13(14)15(19)16(8-4-9-16)12-5-2-1-3-6-12/h1-3,5-7,10-11,15,19H,4,8-9H2. The van der Waals surface area contributed by atoms with Gasteiger partial charge in [-0.2, -0.15) is 0 Å². The van der Waals surface area contributed by atoms with E-state index in [9.17, 15) is 9.50 Å². The maximum atomic E-state index is 13.8. The molecule has 1 fully saturated rings. The Balaban J connectivity index is 2.02. The van der Waals surface area contributed by atoms with Crippen LogP contribution in [-0.4, -0.2) is 10.1 Å². The molecule has 1 saturated carbocycles. The van der Waals surface area contributed by atoms with E-state index < -0.39 is 11.9 Å². The highest BCUT2D eigenvalue weighted by atomic mass is 19.1. The lowest BCUT2D eigenvalue weighted by Gasteiger charge is -2.46. The summed E-state index contributed by atoms with van der Waals surface area (Å²) in [7, 11) is 0. The van der Waals surface area contributed by atoms with E-state index in [1.165, 1.54) is 6.20 Å². The Labute approximate surface area is 111 Å². The molecule has 98 valence electrons. The van der Waals surface area contributed by atoms with E-state index in [1.54, 1.807) is 6.07 Å². The highest BCUT2D eigenvalue weighted by molar-refractivity contribution is 5.34. The number of aromatic nitrogens is 1. The van der Waals surface area contributed by atoms with Crippen LogP contribution < -0.4 is 0 Å². The number of halogens is 1. The van der Waals surface area contributed by atoms with Crippen LogP contribution in [0.4, 0.5) is 4.39 Å². The van der Waals surface area contributed by atoms with E-state index in [1.807, 2.05) is 30.3 Å². The lowest BCUT2D eigenvalue weighted by atomic mass is 9.60. The average Bonchev–Trinajstić information content (AvgIpc) is 2.39. The Morgan fingerprint density at radius 1 is 1.16 bits per heavy atom. The molecule has 1 aliphatic carbocycles. The van der Waals surface area contributed by atoms with Crippen LogP contribution in [0.3, 0.4) is 0 Å². The van der Waals surface area contributed by atoms with E-state index >= 15 is 0 Å². The predicted octanol–water partition coefficient (Wildman–Crippen LogP) is 3.38. The summed E-state index contributed by atoms with van der Waals surface area (Å²) in [6.45, 7) is 0. The summed E-state index contributed by atoms with van der Waals surface area (Å²) < 4.78 is 13.8. The molecular formula is C16H16FNO. The van der Waals surface area contributed by atoms with Gasteiger partial charge in [0.2, 0.25) is 0 Å². The Morgan fingerprint density at radius 3 is 2.47 bits per heavy atom. The zero-order valence-corrected chi connectivity index (χ0v) is 10.6. The van der Waals surface area contributed by atoms with Gasteiger partial charge in [-0.1, -0.05) is 36.8 Å². The van der Waals surface area contributed by atoms with Gasteiger partial charge in [-0.25, -0.2) is 4.39 Å². The first kappa shape index (κ1) is 12.3. The number of benzene rings is 1. The Kier molecular flexibility index (Phi) is 3.07. The van der Waals surface area contributed by atoms with Crippen molar-refractivity contribution in [3.63, 3.8) is 0 Å². The van der Waals surface area contributed by atoms with Crippen molar-refractivity contribution in [3.05, 3.63) is 65.7 Å². The van der Waals surface area contributed by atoms with Crippen molar-refractivity contribution >= 4 is 0 Å². The fourth-order valence-electron chi connectivity index (χ4n) is 2.95. The van der Waals surface area contributed by atoms with Gasteiger partial charge in [-0.05, 0) is 24.5 Å². The smallest absolute Gasteiger partial charge is 0.147 e. The third-order valence-corrected chi connectivity index (χ3v) is 4.22. The van der Waals surface area contributed by atoms with Crippen LogP contribution in [0, 0.1) is 5.82 Å². The fourth-order valence-corrected chi connectivity index (χ4v) is 2.95. The van der Waals surface area contributed by atoms with Crippen LogP contribution >= 0.6 is 0 Å². The molecule has 0 bridgehead atoms. The zero-order chi connectivity index (χ0) is 13.3. The van der Waals surface area contributed by atoms with E-state index in [0.29, 0.717) is 5.56 Å². The van der Waals surface area contributed by atoms with Crippen molar-refractivity contribution in [1.82, 2.24) is 4.98 Å². The van der Waals surface area contributed by atoms with Crippen LogP contribution in [0.15, 0.2) is 48.8 Å². The Bertz CT molecular complexity index is 566. The van der Waals surface area contributed by atoms with Crippen LogP contribution in [0.5, 0.6) is 0 Å². The second kappa shape index (κ2) is 4.74. The van der Waals surface area contributed by atoms with Crippen LogP contribution in [-0.2, 0) is 5.41 Å². The van der Waals surface area contributed by atoms with Crippen molar-refractivity contribution in [1.29, 1.82) is 0 Å². The van der Waals surface area contributed by atoms with Gasteiger partial charge in [0.15, 0.2) is 0 Å². The maximum Gasteiger partial charge on any atom is 0.147 e. The molecule has 0 aliphatic heterocycles. The minimum atomic E-state index is -0.813. The molecule has 1 N–H and O–H groups in total. The third-order valence-electron chi connectivity index (χ3n) is 4.22. The number of pyridine rings is 1. The molecular weight excluding hydrogens is 241 g/mol. The number of hydrogen-bond acceptors (Lipinski definition) is 2. The minimum absolute atomic E-state index is 0.344. The summed E-state index contributed by atoms with van der Waals surface area (Å²) in [4.78, 5) is 3.74. The summed E-state index contributed by atoms with van der Waals surface area (Å²) in [6.07, 6.45) is 4.72. The summed E-state index contributed by atoms with van der Waals surface area (Å²) in [5.74, 6) is -0.433. The zero-order valence-electron chi connectivity index (χ0n) is 10.6. The second-order valence-corrected chi connectivity index (χ2v) is 5.18. The first-order valence-corrected chi connectivity index (χ1v) is 6.57. The highest BCUT2D eigenvalue weighted by Crippen LogP contribution is 2.52. The van der Waals surface area contributed by atoms with Gasteiger partial charge in [-0.15, -0.1) is 0 Å². The molecule has 19 heavy (non-hydrogen) atoms. The van der Waals surface area contributed by atoms with Gasteiger partial charge < -0.3 is 5.11 Å². The number of aliphatic hydroxyl groups excluding tert-OH is 1. The second-order valence-electron chi connectivity index (χ2n) is 5.18. The summed E-state index contributed by atoms with van der Waals surface area (Å²) in [5, 5.41) is 10.7. The van der Waals surface area contributed by atoms with Crippen LogP contribution in [0.1, 0.15) is 36.5 Å². The molecule has 0 amide bonds. The van der Waals surface area contributed by atoms with Gasteiger partial charge >= 0.3 is 0 Å². The first-order valence-electron chi connectivity index (χ1n) is 6.57. The predicted molar refractivity (Wildman–Crippen MR) is 71.1 cm³/mol. The van der Waals surface area contributed by atoms with Crippen LogP contribution in [0.25, 0.3) is 0 Å². The maximum absolute atomic E-state index is 13.8. The Hall–Kier alpha value is -1.74. The number of hydrogen-bond donors (Lipinski definition) is 1. The molecule has 0 saturated heterocycles. The summed E-state index contributed by atoms with van der Waals surface area (Å²) >= 11 is 0. The monoisotopic (exact) mass is 257 g/mol. The van der Waals surface area contributed by atoms with E-state index in [0.717, 1.165) is 31.0 Å². The number of rotatable bonds is 3. The average molecular weight is 257 g/mol. The van der Waals surface area contributed by atoms with Crippen LogP contribution in [0.2, 0.25) is 0 Å². The normalized spacial score (nSPS) is 18.6. The quantitative estimate of drug-likeness (QED) is 0.914. The molecule has 1 aromatic carbocycles. The molecule has 1 unspecified atom stereocenters. The number of aliphatic hydroxyl groups is 1. The van der Waals surface area contributed by atoms with Crippen molar-refractivity contribution < 1.29 is 9.50 Å². The van der Waals surface area contributed by atoms with Crippen molar-refractivity contribution in [2.75, 3.05) is 0 Å². The van der Waals surface area contributed by atoms with E-state index in [-0.39, 0.29) is 5.41 Å². The van der Waals surface area contributed by atoms with Gasteiger partial charge in [-0.3, -0.25) is 4.98 Å². The van der Waals surface area contributed by atoms with Gasteiger partial charge in [0.05, 0.1) is 12.3 Å². The van der Waals surface area contributed by atoms with Crippen molar-refractivity contribution in [2.24, 2.45) is 0 Å². The van der Waals surface area contributed by atoms with Crippen molar-refractivity contribution in [2.45, 2.75) is 30.8 Å². The van der Waals surface area contributed by atoms with Gasteiger partial charge in [0.25, 0.3) is 0 Å². The Morgan fingerprint density at radius 2 is 1.89 bits per heavy atom. The largest absolute Gasteiger partial charge is 0.387 e. The molecule has 1 aliphatic rings. The molecule has 0 spiro atoms. The van der Waals surface area contributed by atoms with Crippen molar-refractivity contribution in [3.8, 4) is 0 Å². The molecule has 3 rings (SSSR count). The highest BCUT2D eigenvalue weighted by Gasteiger charge is 2.46. The van der Waals surface area contributed by atoms with Gasteiger partial charge in [0.1, 0.15) is 5.82 Å².